The van der Waals surface area contributed by atoms with E-state index in [9.17, 15) is 13.2 Å². The number of hydrogen-bond acceptors (Lipinski definition) is 1. The zero-order valence-corrected chi connectivity index (χ0v) is 8.92. The second-order valence-electron chi connectivity index (χ2n) is 3.73. The van der Waals surface area contributed by atoms with Crippen LogP contribution in [0.3, 0.4) is 0 Å². The number of hydrogen-bond donors (Lipinski definition) is 1. The third kappa shape index (κ3) is 2.79. The van der Waals surface area contributed by atoms with E-state index in [4.69, 9.17) is 0 Å². The van der Waals surface area contributed by atoms with E-state index in [1.54, 1.807) is 14.0 Å². The van der Waals surface area contributed by atoms with E-state index in [-0.39, 0.29) is 5.57 Å². The van der Waals surface area contributed by atoms with Crippen LogP contribution in [0.4, 0.5) is 13.2 Å². The second-order valence-corrected chi connectivity index (χ2v) is 3.73. The van der Waals surface area contributed by atoms with Gasteiger partial charge in [0.05, 0.1) is 5.41 Å². The van der Waals surface area contributed by atoms with Crippen molar-refractivity contribution in [3.63, 3.8) is 0 Å². The smallest absolute Gasteiger partial charge is 0.392 e. The number of allylic oxidation sites excluding steroid dienone is 3. The topological polar surface area (TPSA) is 12.0 Å². The van der Waals surface area contributed by atoms with Crippen molar-refractivity contribution in [2.45, 2.75) is 26.9 Å². The Morgan fingerprint density at radius 3 is 2.00 bits per heavy atom. The van der Waals surface area contributed by atoms with Gasteiger partial charge in [-0.05, 0) is 32.4 Å². The molecule has 0 aromatic heterocycles. The maximum absolute atomic E-state index is 12.5. The Morgan fingerprint density at radius 2 is 1.71 bits per heavy atom. The van der Waals surface area contributed by atoms with Crippen molar-refractivity contribution in [3.05, 3.63) is 23.9 Å². The van der Waals surface area contributed by atoms with Crippen LogP contribution >= 0.6 is 0 Å². The van der Waals surface area contributed by atoms with Crippen LogP contribution < -0.4 is 5.32 Å². The molecule has 0 saturated heterocycles. The van der Waals surface area contributed by atoms with Crippen LogP contribution in [0.2, 0.25) is 0 Å². The van der Waals surface area contributed by atoms with Crippen molar-refractivity contribution in [1.29, 1.82) is 0 Å². The van der Waals surface area contributed by atoms with E-state index in [0.717, 1.165) is 13.8 Å². The average molecular weight is 207 g/mol. The van der Waals surface area contributed by atoms with E-state index in [1.165, 1.54) is 6.08 Å². The van der Waals surface area contributed by atoms with Crippen molar-refractivity contribution in [3.8, 4) is 0 Å². The van der Waals surface area contributed by atoms with Crippen LogP contribution in [0.25, 0.3) is 0 Å². The summed E-state index contributed by atoms with van der Waals surface area (Å²) in [6.45, 7) is 7.38. The monoisotopic (exact) mass is 207 g/mol. The number of halogens is 3. The molecule has 0 spiro atoms. The minimum Gasteiger partial charge on any atom is -0.392 e. The highest BCUT2D eigenvalue weighted by atomic mass is 19.4. The molecule has 0 aromatic rings. The van der Waals surface area contributed by atoms with Gasteiger partial charge in [0.1, 0.15) is 0 Å². The average Bonchev–Trinajstić information content (AvgIpc) is 2.01. The molecule has 0 fully saturated rings. The van der Waals surface area contributed by atoms with Gasteiger partial charge in [0.2, 0.25) is 0 Å². The lowest BCUT2D eigenvalue weighted by atomic mass is 9.84. The van der Waals surface area contributed by atoms with E-state index < -0.39 is 11.6 Å². The fraction of sp³-hybridized carbons (Fsp3) is 0.600. The minimum absolute atomic E-state index is 0.0526. The third-order valence-corrected chi connectivity index (χ3v) is 2.30. The summed E-state index contributed by atoms with van der Waals surface area (Å²) in [6.07, 6.45) is -2.86. The fourth-order valence-electron chi connectivity index (χ4n) is 0.696. The summed E-state index contributed by atoms with van der Waals surface area (Å²) >= 11 is 0. The minimum atomic E-state index is -4.27. The zero-order valence-electron chi connectivity index (χ0n) is 8.92. The van der Waals surface area contributed by atoms with Gasteiger partial charge in [-0.15, -0.1) is 0 Å². The van der Waals surface area contributed by atoms with Gasteiger partial charge in [-0.25, -0.2) is 0 Å². The van der Waals surface area contributed by atoms with Crippen molar-refractivity contribution >= 4 is 0 Å². The summed E-state index contributed by atoms with van der Waals surface area (Å²) in [5, 5.41) is 2.75. The Labute approximate surface area is 82.7 Å². The van der Waals surface area contributed by atoms with Gasteiger partial charge in [0.25, 0.3) is 0 Å². The van der Waals surface area contributed by atoms with Gasteiger partial charge in [-0.2, -0.15) is 13.2 Å². The summed E-state index contributed by atoms with van der Waals surface area (Å²) in [5.41, 5.74) is -1.17. The molecule has 0 radical (unpaired) electrons. The van der Waals surface area contributed by atoms with Crippen LogP contribution in [0.1, 0.15) is 20.8 Å². The lowest BCUT2D eigenvalue weighted by Crippen LogP contribution is -2.33. The molecule has 1 N–H and O–H groups in total. The standard InChI is InChI=1S/C10H16F3N/c1-7(6-8(2)14-5)9(3,4)10(11,12)13/h6,14H,1H2,2-5H3/b8-6-. The highest BCUT2D eigenvalue weighted by Gasteiger charge is 2.48. The van der Waals surface area contributed by atoms with E-state index >= 15 is 0 Å². The Bertz CT molecular complexity index is 249. The van der Waals surface area contributed by atoms with Crippen LogP contribution in [0, 0.1) is 5.41 Å². The summed E-state index contributed by atoms with van der Waals surface area (Å²) in [6, 6.07) is 0. The molecule has 0 aromatic carbocycles. The molecule has 0 heterocycles. The van der Waals surface area contributed by atoms with Crippen molar-refractivity contribution < 1.29 is 13.2 Å². The van der Waals surface area contributed by atoms with Gasteiger partial charge in [0, 0.05) is 12.7 Å². The van der Waals surface area contributed by atoms with Crippen molar-refractivity contribution in [2.75, 3.05) is 7.05 Å². The Kier molecular flexibility index (Phi) is 3.80. The number of rotatable bonds is 3. The van der Waals surface area contributed by atoms with Crippen LogP contribution in [-0.2, 0) is 0 Å². The van der Waals surface area contributed by atoms with Gasteiger partial charge >= 0.3 is 6.18 Å². The highest BCUT2D eigenvalue weighted by molar-refractivity contribution is 5.26. The van der Waals surface area contributed by atoms with Crippen molar-refractivity contribution in [1.82, 2.24) is 5.32 Å². The molecule has 0 atom stereocenters. The first-order chi connectivity index (χ1) is 6.13. The van der Waals surface area contributed by atoms with E-state index in [0.29, 0.717) is 5.70 Å². The van der Waals surface area contributed by atoms with E-state index in [1.807, 2.05) is 0 Å². The Balaban J connectivity index is 4.87. The van der Waals surface area contributed by atoms with Gasteiger partial charge in [-0.1, -0.05) is 6.58 Å². The third-order valence-electron chi connectivity index (χ3n) is 2.30. The van der Waals surface area contributed by atoms with Gasteiger partial charge in [-0.3, -0.25) is 0 Å². The molecule has 0 unspecified atom stereocenters. The first-order valence-electron chi connectivity index (χ1n) is 4.25. The maximum Gasteiger partial charge on any atom is 0.397 e. The molecular weight excluding hydrogens is 191 g/mol. The molecule has 0 rings (SSSR count). The van der Waals surface area contributed by atoms with Crippen LogP contribution in [0.5, 0.6) is 0 Å². The van der Waals surface area contributed by atoms with Crippen LogP contribution in [-0.4, -0.2) is 13.2 Å². The molecule has 0 amide bonds. The van der Waals surface area contributed by atoms with Gasteiger partial charge in [0.15, 0.2) is 0 Å². The predicted molar refractivity (Wildman–Crippen MR) is 51.8 cm³/mol. The summed E-state index contributed by atoms with van der Waals surface area (Å²) in [4.78, 5) is 0. The van der Waals surface area contributed by atoms with Crippen molar-refractivity contribution in [2.24, 2.45) is 5.41 Å². The normalized spacial score (nSPS) is 14.1. The molecule has 82 valence electrons. The molecule has 1 nitrogen and oxygen atoms in total. The molecule has 0 aliphatic carbocycles. The SMILES string of the molecule is C=C(/C=C(/C)NC)C(C)(C)C(F)(F)F. The Hall–Kier alpha value is -0.930. The zero-order chi connectivity index (χ0) is 11.6. The number of nitrogens with one attached hydrogen (secondary N) is 1. The molecule has 0 bridgehead atoms. The largest absolute Gasteiger partial charge is 0.397 e. The first-order valence-corrected chi connectivity index (χ1v) is 4.25. The summed E-state index contributed by atoms with van der Waals surface area (Å²) in [7, 11) is 1.65. The summed E-state index contributed by atoms with van der Waals surface area (Å²) < 4.78 is 37.6. The Morgan fingerprint density at radius 1 is 1.29 bits per heavy atom. The highest BCUT2D eigenvalue weighted by Crippen LogP contribution is 2.43. The predicted octanol–water partition coefficient (Wildman–Crippen LogP) is 3.25. The maximum atomic E-state index is 12.5. The molecule has 0 aliphatic heterocycles. The lowest BCUT2D eigenvalue weighted by Gasteiger charge is -2.28. The first kappa shape index (κ1) is 13.1. The van der Waals surface area contributed by atoms with Gasteiger partial charge < -0.3 is 5.32 Å². The second kappa shape index (κ2) is 4.07. The molecule has 0 saturated carbocycles. The fourth-order valence-corrected chi connectivity index (χ4v) is 0.696. The number of alkyl halides is 3. The molecular formula is C10H16F3N. The molecule has 0 aliphatic rings. The molecule has 14 heavy (non-hydrogen) atoms. The quantitative estimate of drug-likeness (QED) is 0.700. The summed E-state index contributed by atoms with van der Waals surface area (Å²) in [5.74, 6) is 0. The van der Waals surface area contributed by atoms with E-state index in [2.05, 4.69) is 11.9 Å². The molecule has 4 heteroatoms. The van der Waals surface area contributed by atoms with Crippen LogP contribution in [0.15, 0.2) is 23.9 Å². The lowest BCUT2D eigenvalue weighted by molar-refractivity contribution is -0.196.